The fraction of sp³-hybridized carbons (Fsp3) is 0.263. The molecular formula is C19H15NO2. The van der Waals surface area contributed by atoms with Crippen molar-refractivity contribution in [3.63, 3.8) is 0 Å². The molecule has 0 unspecified atom stereocenters. The maximum atomic E-state index is 12.7. The molecule has 1 heterocycles. The minimum atomic E-state index is -0.229. The Kier molecular flexibility index (Phi) is 2.13. The minimum Gasteiger partial charge on any atom is -0.285 e. The van der Waals surface area contributed by atoms with Crippen LogP contribution in [0.4, 0.5) is 0 Å². The number of imide groups is 1. The molecule has 3 nitrogen and oxygen atoms in total. The predicted molar refractivity (Wildman–Crippen MR) is 81.3 cm³/mol. The van der Waals surface area contributed by atoms with Crippen LogP contribution in [0.5, 0.6) is 0 Å². The molecule has 2 atom stereocenters. The number of rotatable bonds is 0. The van der Waals surface area contributed by atoms with E-state index >= 15 is 0 Å². The summed E-state index contributed by atoms with van der Waals surface area (Å²) in [7, 11) is 1.62. The first-order valence-corrected chi connectivity index (χ1v) is 7.69. The highest BCUT2D eigenvalue weighted by molar-refractivity contribution is 6.07. The average molecular weight is 289 g/mol. The quantitative estimate of drug-likeness (QED) is 0.699. The van der Waals surface area contributed by atoms with Crippen LogP contribution in [0.25, 0.3) is 0 Å². The van der Waals surface area contributed by atoms with E-state index in [0.29, 0.717) is 0 Å². The zero-order valence-corrected chi connectivity index (χ0v) is 12.2. The monoisotopic (exact) mass is 289 g/mol. The van der Waals surface area contributed by atoms with E-state index in [1.54, 1.807) is 7.05 Å². The molecule has 22 heavy (non-hydrogen) atoms. The third kappa shape index (κ3) is 1.20. The van der Waals surface area contributed by atoms with Gasteiger partial charge in [-0.1, -0.05) is 48.5 Å². The number of hydrogen-bond donors (Lipinski definition) is 0. The smallest absolute Gasteiger partial charge is 0.233 e. The molecule has 3 heteroatoms. The van der Waals surface area contributed by atoms with Gasteiger partial charge in [0.1, 0.15) is 0 Å². The Morgan fingerprint density at radius 1 is 0.682 bits per heavy atom. The third-order valence-corrected chi connectivity index (χ3v) is 5.67. The number of amides is 2. The summed E-state index contributed by atoms with van der Waals surface area (Å²) in [6.07, 6.45) is 0. The second-order valence-corrected chi connectivity index (χ2v) is 6.50. The van der Waals surface area contributed by atoms with Gasteiger partial charge in [-0.15, -0.1) is 0 Å². The van der Waals surface area contributed by atoms with Crippen molar-refractivity contribution in [2.75, 3.05) is 7.05 Å². The lowest BCUT2D eigenvalue weighted by atomic mass is 9.55. The Bertz CT molecular complexity index is 725. The van der Waals surface area contributed by atoms with E-state index in [2.05, 4.69) is 24.3 Å². The summed E-state index contributed by atoms with van der Waals surface area (Å²) in [6, 6.07) is 16.6. The van der Waals surface area contributed by atoms with Crippen LogP contribution in [0, 0.1) is 11.8 Å². The Morgan fingerprint density at radius 2 is 1.00 bits per heavy atom. The van der Waals surface area contributed by atoms with Gasteiger partial charge in [-0.3, -0.25) is 14.5 Å². The van der Waals surface area contributed by atoms with Crippen LogP contribution in [-0.4, -0.2) is 23.8 Å². The number of likely N-dealkylation sites (tertiary alicyclic amines) is 1. The predicted octanol–water partition coefficient (Wildman–Crippen LogP) is 2.51. The Labute approximate surface area is 128 Å². The van der Waals surface area contributed by atoms with Crippen molar-refractivity contribution in [3.8, 4) is 0 Å². The van der Waals surface area contributed by atoms with E-state index in [9.17, 15) is 9.59 Å². The maximum absolute atomic E-state index is 12.7. The molecule has 0 saturated carbocycles. The molecule has 6 rings (SSSR count). The van der Waals surface area contributed by atoms with Crippen LogP contribution in [-0.2, 0) is 9.59 Å². The fourth-order valence-electron chi connectivity index (χ4n) is 4.83. The molecule has 2 aromatic rings. The topological polar surface area (TPSA) is 37.4 Å². The molecule has 108 valence electrons. The van der Waals surface area contributed by atoms with Crippen molar-refractivity contribution in [3.05, 3.63) is 70.8 Å². The minimum absolute atomic E-state index is 0.0174. The SMILES string of the molecule is CN1C(=O)[C@H]2C3c4ccccc4C(c4ccccc43)[C@@H]2C1=O. The summed E-state index contributed by atoms with van der Waals surface area (Å²) in [5.74, 6) is -0.463. The van der Waals surface area contributed by atoms with Crippen LogP contribution < -0.4 is 0 Å². The van der Waals surface area contributed by atoms with Gasteiger partial charge in [-0.05, 0) is 22.3 Å². The Hall–Kier alpha value is -2.42. The molecule has 0 radical (unpaired) electrons. The molecule has 2 amide bonds. The molecule has 0 spiro atoms. The van der Waals surface area contributed by atoms with Crippen LogP contribution in [0.15, 0.2) is 48.5 Å². The van der Waals surface area contributed by atoms with Crippen molar-refractivity contribution in [1.29, 1.82) is 0 Å². The van der Waals surface area contributed by atoms with Crippen molar-refractivity contribution in [1.82, 2.24) is 4.90 Å². The van der Waals surface area contributed by atoms with Crippen molar-refractivity contribution in [2.45, 2.75) is 11.8 Å². The van der Waals surface area contributed by atoms with E-state index in [0.717, 1.165) is 0 Å². The van der Waals surface area contributed by atoms with Crippen molar-refractivity contribution >= 4 is 11.8 Å². The first-order valence-electron chi connectivity index (χ1n) is 7.69. The molecule has 1 saturated heterocycles. The summed E-state index contributed by atoms with van der Waals surface area (Å²) < 4.78 is 0. The van der Waals surface area contributed by atoms with Gasteiger partial charge in [0.15, 0.2) is 0 Å². The standard InChI is InChI=1S/C19H15NO2/c1-20-18(21)16-14-10-6-2-3-7-11(10)15(17(16)19(20)22)13-9-5-4-8-12(13)14/h2-9,14-17H,1H3/t14?,15?,16-,17-/m0/s1. The molecular weight excluding hydrogens is 274 g/mol. The van der Waals surface area contributed by atoms with Gasteiger partial charge in [0.25, 0.3) is 0 Å². The normalized spacial score (nSPS) is 31.0. The molecule has 2 aromatic carbocycles. The lowest BCUT2D eigenvalue weighted by Gasteiger charge is -2.45. The van der Waals surface area contributed by atoms with Crippen LogP contribution in [0.2, 0.25) is 0 Å². The highest BCUT2D eigenvalue weighted by Gasteiger charge is 2.60. The molecule has 1 aliphatic heterocycles. The van der Waals surface area contributed by atoms with Crippen LogP contribution in [0.1, 0.15) is 34.1 Å². The van der Waals surface area contributed by atoms with Crippen molar-refractivity contribution in [2.24, 2.45) is 11.8 Å². The Morgan fingerprint density at radius 3 is 1.32 bits per heavy atom. The van der Waals surface area contributed by atoms with E-state index in [4.69, 9.17) is 0 Å². The first kappa shape index (κ1) is 12.2. The van der Waals surface area contributed by atoms with Crippen LogP contribution in [0.3, 0.4) is 0 Å². The third-order valence-electron chi connectivity index (χ3n) is 5.67. The molecule has 3 aliphatic carbocycles. The fourth-order valence-corrected chi connectivity index (χ4v) is 4.83. The highest BCUT2D eigenvalue weighted by Crippen LogP contribution is 2.60. The van der Waals surface area contributed by atoms with E-state index in [-0.39, 0.29) is 35.5 Å². The molecule has 1 fully saturated rings. The van der Waals surface area contributed by atoms with E-state index < -0.39 is 0 Å². The Balaban J connectivity index is 1.86. The van der Waals surface area contributed by atoms with Gasteiger partial charge < -0.3 is 0 Å². The summed E-state index contributed by atoms with van der Waals surface area (Å²) in [5, 5.41) is 0. The summed E-state index contributed by atoms with van der Waals surface area (Å²) in [4.78, 5) is 26.7. The molecule has 0 aromatic heterocycles. The first-order chi connectivity index (χ1) is 10.7. The van der Waals surface area contributed by atoms with Gasteiger partial charge in [0, 0.05) is 18.9 Å². The second kappa shape index (κ2) is 3.86. The van der Waals surface area contributed by atoms with Crippen molar-refractivity contribution < 1.29 is 9.59 Å². The maximum Gasteiger partial charge on any atom is 0.233 e. The average Bonchev–Trinajstić information content (AvgIpc) is 2.80. The molecule has 0 N–H and O–H groups in total. The largest absolute Gasteiger partial charge is 0.285 e. The summed E-state index contributed by atoms with van der Waals surface area (Å²) in [6.45, 7) is 0. The summed E-state index contributed by atoms with van der Waals surface area (Å²) in [5.41, 5.74) is 4.90. The molecule has 4 aliphatic rings. The zero-order valence-electron chi connectivity index (χ0n) is 12.2. The lowest BCUT2D eigenvalue weighted by Crippen LogP contribution is -2.41. The number of benzene rings is 2. The highest BCUT2D eigenvalue weighted by atomic mass is 16.2. The van der Waals surface area contributed by atoms with E-state index in [1.165, 1.54) is 27.2 Å². The van der Waals surface area contributed by atoms with E-state index in [1.807, 2.05) is 24.3 Å². The van der Waals surface area contributed by atoms with Gasteiger partial charge in [0.2, 0.25) is 11.8 Å². The van der Waals surface area contributed by atoms with Gasteiger partial charge in [-0.2, -0.15) is 0 Å². The van der Waals surface area contributed by atoms with Crippen LogP contribution >= 0.6 is 0 Å². The molecule has 2 bridgehead atoms. The van der Waals surface area contributed by atoms with Gasteiger partial charge >= 0.3 is 0 Å². The number of carbonyl (C=O) groups excluding carboxylic acids is 2. The lowest BCUT2D eigenvalue weighted by molar-refractivity contribution is -0.138. The second-order valence-electron chi connectivity index (χ2n) is 6.50. The number of carbonyl (C=O) groups is 2. The number of nitrogens with zero attached hydrogens (tertiary/aromatic N) is 1. The van der Waals surface area contributed by atoms with Gasteiger partial charge in [-0.25, -0.2) is 0 Å². The zero-order chi connectivity index (χ0) is 15.0. The summed E-state index contributed by atoms with van der Waals surface area (Å²) >= 11 is 0. The van der Waals surface area contributed by atoms with Gasteiger partial charge in [0.05, 0.1) is 11.8 Å². The number of hydrogen-bond acceptors (Lipinski definition) is 2.